The Morgan fingerprint density at radius 3 is 2.77 bits per heavy atom. The molecule has 0 aromatic heterocycles. The van der Waals surface area contributed by atoms with Crippen molar-refractivity contribution in [1.82, 2.24) is 0 Å². The normalized spacial score (nSPS) is 19.5. The van der Waals surface area contributed by atoms with Crippen molar-refractivity contribution < 1.29 is 18.3 Å². The van der Waals surface area contributed by atoms with Crippen molar-refractivity contribution in [2.45, 2.75) is 0 Å². The molecule has 0 bridgehead atoms. The molecule has 13 heavy (non-hydrogen) atoms. The molecule has 1 heterocycles. The van der Waals surface area contributed by atoms with Gasteiger partial charge in [-0.3, -0.25) is 0 Å². The summed E-state index contributed by atoms with van der Waals surface area (Å²) in [5, 5.41) is 8.62. The Hall–Kier alpha value is -0.820. The first-order chi connectivity index (χ1) is 5.99. The fourth-order valence-corrected chi connectivity index (χ4v) is 2.59. The summed E-state index contributed by atoms with van der Waals surface area (Å²) in [6, 6.07) is 0. The molecule has 0 spiro atoms. The van der Waals surface area contributed by atoms with Crippen LogP contribution in [0.2, 0.25) is 0 Å². The lowest BCUT2D eigenvalue weighted by Gasteiger charge is -1.97. The summed E-state index contributed by atoms with van der Waals surface area (Å²) < 4.78 is 25.2. The second kappa shape index (κ2) is 3.51. The van der Waals surface area contributed by atoms with Crippen molar-refractivity contribution in [3.8, 4) is 0 Å². The Balaban J connectivity index is 3.20. The molecule has 1 aliphatic rings. The van der Waals surface area contributed by atoms with E-state index in [1.54, 1.807) is 6.26 Å². The average Bonchev–Trinajstić information content (AvgIpc) is 2.26. The zero-order valence-corrected chi connectivity index (χ0v) is 8.35. The number of rotatable bonds is 3. The maximum Gasteiger partial charge on any atom is 0.349 e. The largest absolute Gasteiger partial charge is 0.477 e. The molecule has 0 amide bonds. The molecule has 72 valence electrons. The van der Waals surface area contributed by atoms with Gasteiger partial charge in [0.15, 0.2) is 4.91 Å². The molecule has 0 unspecified atom stereocenters. The molecule has 7 heteroatoms. The number of hydrogen-bond donors (Lipinski definition) is 1. The van der Waals surface area contributed by atoms with Gasteiger partial charge in [-0.25, -0.2) is 4.79 Å². The molecular weight excluding hydrogens is 214 g/mol. The number of sulfonamides is 1. The van der Waals surface area contributed by atoms with E-state index in [0.29, 0.717) is 5.75 Å². The second-order valence-electron chi connectivity index (χ2n) is 2.30. The van der Waals surface area contributed by atoms with Gasteiger partial charge in [-0.15, -0.1) is 0 Å². The maximum atomic E-state index is 11.0. The molecule has 0 aliphatic carbocycles. The van der Waals surface area contributed by atoms with Crippen LogP contribution in [0, 0.1) is 0 Å². The summed E-state index contributed by atoms with van der Waals surface area (Å²) in [6.07, 6.45) is 2.85. The van der Waals surface area contributed by atoms with E-state index in [9.17, 15) is 13.2 Å². The Morgan fingerprint density at radius 1 is 1.69 bits per heavy atom. The summed E-state index contributed by atoms with van der Waals surface area (Å²) >= 11 is 1.34. The summed E-state index contributed by atoms with van der Waals surface area (Å²) in [4.78, 5) is 9.98. The monoisotopic (exact) mass is 221 g/mol. The van der Waals surface area contributed by atoms with Crippen molar-refractivity contribution in [2.24, 2.45) is 4.40 Å². The van der Waals surface area contributed by atoms with Crippen LogP contribution in [0.25, 0.3) is 0 Å². The number of carboxylic acids is 1. The highest BCUT2D eigenvalue weighted by molar-refractivity contribution is 7.99. The van der Waals surface area contributed by atoms with E-state index in [2.05, 4.69) is 4.40 Å². The Bertz CT molecular complexity index is 393. The topological polar surface area (TPSA) is 83.8 Å². The van der Waals surface area contributed by atoms with Gasteiger partial charge in [0, 0.05) is 17.5 Å². The van der Waals surface area contributed by atoms with Gasteiger partial charge in [-0.05, 0) is 6.26 Å². The van der Waals surface area contributed by atoms with Gasteiger partial charge >= 0.3 is 5.97 Å². The predicted octanol–water partition coefficient (Wildman–Crippen LogP) is 0.102. The van der Waals surface area contributed by atoms with E-state index < -0.39 is 20.9 Å². The molecule has 0 fully saturated rings. The van der Waals surface area contributed by atoms with Gasteiger partial charge < -0.3 is 5.11 Å². The van der Waals surface area contributed by atoms with Crippen LogP contribution in [0.4, 0.5) is 0 Å². The van der Waals surface area contributed by atoms with Crippen LogP contribution in [0.3, 0.4) is 0 Å². The smallest absolute Gasteiger partial charge is 0.349 e. The van der Waals surface area contributed by atoms with Gasteiger partial charge in [0.05, 0.1) is 0 Å². The molecule has 5 nitrogen and oxygen atoms in total. The van der Waals surface area contributed by atoms with Crippen molar-refractivity contribution in [1.29, 1.82) is 0 Å². The molecule has 0 saturated heterocycles. The van der Waals surface area contributed by atoms with E-state index in [-0.39, 0.29) is 5.57 Å². The SMILES string of the molecule is CSCC1=C(C(=O)O)S(=O)(=O)N=C1. The lowest BCUT2D eigenvalue weighted by molar-refractivity contribution is -0.131. The highest BCUT2D eigenvalue weighted by atomic mass is 32.2. The molecule has 0 aromatic rings. The molecule has 1 rings (SSSR count). The predicted molar refractivity (Wildman–Crippen MR) is 50.5 cm³/mol. The molecule has 1 N–H and O–H groups in total. The first-order valence-electron chi connectivity index (χ1n) is 3.25. The standard InChI is InChI=1S/C6H7NO4S2/c1-12-3-4-2-7-13(10,11)5(4)6(8)9/h2H,3H2,1H3,(H,8,9). The number of carboxylic acid groups (broad SMARTS) is 1. The van der Waals surface area contributed by atoms with Gasteiger partial charge in [0.25, 0.3) is 10.0 Å². The average molecular weight is 221 g/mol. The first-order valence-corrected chi connectivity index (χ1v) is 6.08. The number of aliphatic carboxylic acids is 1. The second-order valence-corrected chi connectivity index (χ2v) is 4.74. The Labute approximate surface area is 79.6 Å². The number of nitrogens with zero attached hydrogens (tertiary/aromatic N) is 1. The first kappa shape index (κ1) is 10.3. The number of thioether (sulfide) groups is 1. The van der Waals surface area contributed by atoms with E-state index in [4.69, 9.17) is 5.11 Å². The van der Waals surface area contributed by atoms with Crippen LogP contribution in [0.5, 0.6) is 0 Å². The minimum atomic E-state index is -3.92. The van der Waals surface area contributed by atoms with Crippen molar-refractivity contribution in [3.63, 3.8) is 0 Å². The van der Waals surface area contributed by atoms with Crippen LogP contribution < -0.4 is 0 Å². The maximum absolute atomic E-state index is 11.0. The third kappa shape index (κ3) is 1.92. The van der Waals surface area contributed by atoms with Gasteiger partial charge in [-0.2, -0.15) is 24.6 Å². The Morgan fingerprint density at radius 2 is 2.31 bits per heavy atom. The van der Waals surface area contributed by atoms with E-state index in [1.165, 1.54) is 11.8 Å². The molecule has 0 atom stereocenters. The van der Waals surface area contributed by atoms with Crippen molar-refractivity contribution in [2.75, 3.05) is 12.0 Å². The van der Waals surface area contributed by atoms with E-state index in [0.717, 1.165) is 6.21 Å². The zero-order chi connectivity index (χ0) is 10.1. The highest BCUT2D eigenvalue weighted by Gasteiger charge is 2.31. The zero-order valence-electron chi connectivity index (χ0n) is 6.72. The van der Waals surface area contributed by atoms with Gasteiger partial charge in [0.2, 0.25) is 0 Å². The Kier molecular flexibility index (Phi) is 2.77. The lowest BCUT2D eigenvalue weighted by atomic mass is 10.3. The van der Waals surface area contributed by atoms with Crippen LogP contribution in [-0.4, -0.2) is 37.7 Å². The fourth-order valence-electron chi connectivity index (χ4n) is 0.916. The fraction of sp³-hybridized carbons (Fsp3) is 0.333. The van der Waals surface area contributed by atoms with E-state index in [1.807, 2.05) is 0 Å². The summed E-state index contributed by atoms with van der Waals surface area (Å²) in [5.74, 6) is -1.11. The molecule has 0 saturated carbocycles. The van der Waals surface area contributed by atoms with Crippen molar-refractivity contribution >= 4 is 34.0 Å². The minimum absolute atomic E-state index is 0.250. The molecule has 0 radical (unpaired) electrons. The summed E-state index contributed by atoms with van der Waals surface area (Å²) in [6.45, 7) is 0. The molecule has 0 aromatic carbocycles. The third-order valence-corrected chi connectivity index (χ3v) is 3.33. The van der Waals surface area contributed by atoms with Crippen LogP contribution in [0.1, 0.15) is 0 Å². The molecule has 1 aliphatic heterocycles. The third-order valence-electron chi connectivity index (χ3n) is 1.39. The van der Waals surface area contributed by atoms with Crippen LogP contribution in [-0.2, 0) is 14.8 Å². The van der Waals surface area contributed by atoms with Crippen molar-refractivity contribution in [3.05, 3.63) is 10.5 Å². The van der Waals surface area contributed by atoms with Crippen LogP contribution >= 0.6 is 11.8 Å². The van der Waals surface area contributed by atoms with E-state index >= 15 is 0 Å². The lowest BCUT2D eigenvalue weighted by Crippen LogP contribution is -2.10. The minimum Gasteiger partial charge on any atom is -0.477 e. The van der Waals surface area contributed by atoms with Gasteiger partial charge in [-0.1, -0.05) is 0 Å². The molecular formula is C6H7NO4S2. The number of carbonyl (C=O) groups is 1. The van der Waals surface area contributed by atoms with Crippen LogP contribution in [0.15, 0.2) is 14.9 Å². The highest BCUT2D eigenvalue weighted by Crippen LogP contribution is 2.22. The summed E-state index contributed by atoms with van der Waals surface area (Å²) in [7, 11) is -3.92. The number of hydrogen-bond acceptors (Lipinski definition) is 4. The quantitative estimate of drug-likeness (QED) is 0.730. The summed E-state index contributed by atoms with van der Waals surface area (Å²) in [5.41, 5.74) is 0.250. The van der Waals surface area contributed by atoms with Gasteiger partial charge in [0.1, 0.15) is 0 Å².